The van der Waals surface area contributed by atoms with Crippen molar-refractivity contribution in [2.45, 2.75) is 33.0 Å². The number of benzene rings is 3. The summed E-state index contributed by atoms with van der Waals surface area (Å²) >= 11 is 0. The van der Waals surface area contributed by atoms with Crippen LogP contribution in [0.4, 0.5) is 0 Å². The van der Waals surface area contributed by atoms with Crippen molar-refractivity contribution in [1.29, 1.82) is 0 Å². The third-order valence-corrected chi connectivity index (χ3v) is 8.88. The molecule has 3 aromatic carbocycles. The minimum atomic E-state index is -2.98. The molecule has 0 aliphatic carbocycles. The van der Waals surface area contributed by atoms with Gasteiger partial charge >= 0.3 is 0 Å². The van der Waals surface area contributed by atoms with Gasteiger partial charge in [0.1, 0.15) is 11.9 Å². The molecule has 0 aromatic heterocycles. The lowest BCUT2D eigenvalue weighted by Gasteiger charge is -2.26. The molecule has 0 amide bonds. The Kier molecular flexibility index (Phi) is 7.54. The first kappa shape index (κ1) is 23.1. The first-order chi connectivity index (χ1) is 14.9. The highest BCUT2D eigenvalue weighted by Gasteiger charge is 2.29. The third-order valence-electron chi connectivity index (χ3n) is 5.80. The Morgan fingerprint density at radius 2 is 1.35 bits per heavy atom. The van der Waals surface area contributed by atoms with Crippen LogP contribution in [0.5, 0.6) is 5.75 Å². The summed E-state index contributed by atoms with van der Waals surface area (Å²) in [6.07, 6.45) is 1.66. The highest BCUT2D eigenvalue weighted by molar-refractivity contribution is 7.85. The van der Waals surface area contributed by atoms with Gasteiger partial charge in [0.05, 0.1) is 6.10 Å². The van der Waals surface area contributed by atoms with Crippen LogP contribution in [-0.4, -0.2) is 19.3 Å². The summed E-state index contributed by atoms with van der Waals surface area (Å²) in [5, 5.41) is 2.44. The van der Waals surface area contributed by atoms with Gasteiger partial charge in [-0.25, -0.2) is 0 Å². The summed E-state index contributed by atoms with van der Waals surface area (Å²) in [6.45, 7) is 9.97. The molecule has 0 heterocycles. The van der Waals surface area contributed by atoms with E-state index in [9.17, 15) is 4.57 Å². The van der Waals surface area contributed by atoms with Gasteiger partial charge in [-0.1, -0.05) is 73.2 Å². The minimum Gasteiger partial charge on any atom is -0.490 e. The molecule has 4 heteroatoms. The van der Waals surface area contributed by atoms with Crippen LogP contribution in [0.3, 0.4) is 0 Å². The van der Waals surface area contributed by atoms with E-state index in [0.29, 0.717) is 0 Å². The van der Waals surface area contributed by atoms with Crippen LogP contribution in [0.15, 0.2) is 91.5 Å². The number of hydrogen-bond donors (Lipinski definition) is 0. The van der Waals surface area contributed by atoms with E-state index in [0.717, 1.165) is 27.2 Å². The SMILES string of the molecule is C=CC(OC)[C@@H](C)[C@H](C)Oc1ccc(P(=O)(c2ccccc2)c2ccc(C)cc2)cc1. The molecule has 3 nitrogen and oxygen atoms in total. The summed E-state index contributed by atoms with van der Waals surface area (Å²) in [7, 11) is -1.31. The largest absolute Gasteiger partial charge is 0.490 e. The van der Waals surface area contributed by atoms with E-state index in [-0.39, 0.29) is 18.1 Å². The first-order valence-electron chi connectivity index (χ1n) is 10.6. The summed E-state index contributed by atoms with van der Waals surface area (Å²) in [5.41, 5.74) is 1.14. The molecular formula is C27H31O3P. The number of rotatable bonds is 9. The van der Waals surface area contributed by atoms with Crippen LogP contribution < -0.4 is 20.7 Å². The van der Waals surface area contributed by atoms with Gasteiger partial charge < -0.3 is 14.0 Å². The summed E-state index contributed by atoms with van der Waals surface area (Å²) < 4.78 is 26.1. The second-order valence-electron chi connectivity index (χ2n) is 7.89. The maximum Gasteiger partial charge on any atom is 0.171 e. The predicted molar refractivity (Wildman–Crippen MR) is 131 cm³/mol. The van der Waals surface area contributed by atoms with Crippen molar-refractivity contribution in [3.05, 3.63) is 97.1 Å². The Hall–Kier alpha value is -2.61. The van der Waals surface area contributed by atoms with Crippen LogP contribution >= 0.6 is 7.14 Å². The van der Waals surface area contributed by atoms with Gasteiger partial charge in [-0.15, -0.1) is 6.58 Å². The second-order valence-corrected chi connectivity index (χ2v) is 10.7. The molecule has 0 spiro atoms. The normalized spacial score (nSPS) is 16.0. The van der Waals surface area contributed by atoms with Crippen LogP contribution in [0.1, 0.15) is 19.4 Å². The molecule has 0 N–H and O–H groups in total. The molecule has 0 fully saturated rings. The fraction of sp³-hybridized carbons (Fsp3) is 0.259. The lowest BCUT2D eigenvalue weighted by molar-refractivity contribution is 0.0390. The van der Waals surface area contributed by atoms with Crippen LogP contribution in [0.2, 0.25) is 0 Å². The standard InChI is InChI=1S/C27H31O3P/c1-6-27(29-5)21(3)22(4)30-23-14-18-26(19-15-23)31(28,24-10-8-7-9-11-24)25-16-12-20(2)13-17-25/h6-19,21-22,27H,1H2,2-5H3/t21-,22-,27?,31?/m0/s1. The Bertz CT molecular complexity index is 1030. The Labute approximate surface area is 186 Å². The Balaban J connectivity index is 1.93. The van der Waals surface area contributed by atoms with Gasteiger partial charge in [0.2, 0.25) is 0 Å². The molecule has 3 aromatic rings. The third kappa shape index (κ3) is 5.01. The molecule has 0 saturated carbocycles. The zero-order valence-electron chi connectivity index (χ0n) is 18.7. The van der Waals surface area contributed by atoms with E-state index in [1.165, 1.54) is 0 Å². The van der Waals surface area contributed by atoms with Crippen molar-refractivity contribution in [3.63, 3.8) is 0 Å². The molecular weight excluding hydrogens is 403 g/mol. The van der Waals surface area contributed by atoms with Crippen molar-refractivity contribution >= 4 is 23.1 Å². The van der Waals surface area contributed by atoms with Crippen LogP contribution in [0.25, 0.3) is 0 Å². The number of hydrogen-bond acceptors (Lipinski definition) is 3. The van der Waals surface area contributed by atoms with E-state index in [2.05, 4.69) is 13.5 Å². The maximum absolute atomic E-state index is 14.5. The molecule has 31 heavy (non-hydrogen) atoms. The van der Waals surface area contributed by atoms with E-state index >= 15 is 0 Å². The van der Waals surface area contributed by atoms with E-state index in [1.54, 1.807) is 13.2 Å². The van der Waals surface area contributed by atoms with Crippen molar-refractivity contribution in [2.75, 3.05) is 7.11 Å². The molecule has 0 radical (unpaired) electrons. The maximum atomic E-state index is 14.5. The van der Waals surface area contributed by atoms with E-state index in [1.807, 2.05) is 92.7 Å². The smallest absolute Gasteiger partial charge is 0.171 e. The fourth-order valence-electron chi connectivity index (χ4n) is 3.69. The quantitative estimate of drug-likeness (QED) is 0.341. The van der Waals surface area contributed by atoms with Gasteiger partial charge in [-0.3, -0.25) is 0 Å². The Morgan fingerprint density at radius 3 is 1.87 bits per heavy atom. The van der Waals surface area contributed by atoms with Crippen molar-refractivity contribution in [3.8, 4) is 5.75 Å². The molecule has 3 rings (SSSR count). The van der Waals surface area contributed by atoms with E-state index < -0.39 is 7.14 Å². The monoisotopic (exact) mass is 434 g/mol. The molecule has 2 unspecified atom stereocenters. The summed E-state index contributed by atoms with van der Waals surface area (Å²) in [4.78, 5) is 0. The highest BCUT2D eigenvalue weighted by Crippen LogP contribution is 2.42. The lowest BCUT2D eigenvalue weighted by Crippen LogP contribution is -2.31. The fourth-order valence-corrected chi connectivity index (χ4v) is 6.31. The first-order valence-corrected chi connectivity index (χ1v) is 12.3. The minimum absolute atomic E-state index is 0.0631. The Morgan fingerprint density at radius 1 is 0.839 bits per heavy atom. The van der Waals surface area contributed by atoms with Gasteiger partial charge in [0, 0.05) is 28.9 Å². The van der Waals surface area contributed by atoms with Crippen LogP contribution in [0, 0.1) is 12.8 Å². The van der Waals surface area contributed by atoms with Crippen molar-refractivity contribution < 1.29 is 14.0 Å². The number of ether oxygens (including phenoxy) is 2. The van der Waals surface area contributed by atoms with E-state index in [4.69, 9.17) is 9.47 Å². The van der Waals surface area contributed by atoms with Gasteiger partial charge in [0.25, 0.3) is 0 Å². The molecule has 0 saturated heterocycles. The number of aryl methyl sites for hydroxylation is 1. The summed E-state index contributed by atoms with van der Waals surface area (Å²) in [5.74, 6) is 0.885. The average molecular weight is 435 g/mol. The molecule has 0 aliphatic rings. The van der Waals surface area contributed by atoms with Gasteiger partial charge in [0.15, 0.2) is 7.14 Å². The molecule has 0 bridgehead atoms. The number of methoxy groups -OCH3 is 1. The molecule has 162 valence electrons. The highest BCUT2D eigenvalue weighted by atomic mass is 31.2. The molecule has 0 aliphatic heterocycles. The second kappa shape index (κ2) is 10.1. The predicted octanol–water partition coefficient (Wildman–Crippen LogP) is 5.24. The van der Waals surface area contributed by atoms with Crippen molar-refractivity contribution in [1.82, 2.24) is 0 Å². The van der Waals surface area contributed by atoms with Gasteiger partial charge in [-0.2, -0.15) is 0 Å². The zero-order valence-corrected chi connectivity index (χ0v) is 19.6. The van der Waals surface area contributed by atoms with Crippen LogP contribution in [-0.2, 0) is 9.30 Å². The topological polar surface area (TPSA) is 35.5 Å². The summed E-state index contributed by atoms with van der Waals surface area (Å²) in [6, 6.07) is 25.3. The zero-order chi connectivity index (χ0) is 22.4. The molecule has 4 atom stereocenters. The average Bonchev–Trinajstić information content (AvgIpc) is 2.80. The van der Waals surface area contributed by atoms with Crippen molar-refractivity contribution in [2.24, 2.45) is 5.92 Å². The van der Waals surface area contributed by atoms with Gasteiger partial charge in [-0.05, 0) is 38.1 Å². The lowest BCUT2D eigenvalue weighted by atomic mass is 9.99.